The molecule has 3 aromatic rings. The summed E-state index contributed by atoms with van der Waals surface area (Å²) < 4.78 is 22.4. The zero-order valence-electron chi connectivity index (χ0n) is 17.7. The highest BCUT2D eigenvalue weighted by molar-refractivity contribution is 5.94. The second kappa shape index (κ2) is 6.32. The lowest BCUT2D eigenvalue weighted by Gasteiger charge is -2.49. The van der Waals surface area contributed by atoms with Crippen LogP contribution in [0.15, 0.2) is 42.5 Å². The number of aliphatic hydroxyl groups is 1. The Kier molecular flexibility index (Phi) is 4.12. The molecule has 1 aliphatic heterocycles. The van der Waals surface area contributed by atoms with Crippen LogP contribution in [0, 0.1) is 5.82 Å². The van der Waals surface area contributed by atoms with Crippen LogP contribution in [0.25, 0.3) is 16.6 Å². The molecule has 1 fully saturated rings. The van der Waals surface area contributed by atoms with Gasteiger partial charge in [-0.05, 0) is 69.0 Å². The minimum Gasteiger partial charge on any atom is -0.507 e. The number of benzene rings is 2. The number of hydrogen-bond acceptors (Lipinski definition) is 3. The molecule has 0 unspecified atom stereocenters. The Balaban J connectivity index is 1.86. The van der Waals surface area contributed by atoms with Gasteiger partial charge in [0.2, 0.25) is 0 Å². The lowest BCUT2D eigenvalue weighted by atomic mass is 9.68. The van der Waals surface area contributed by atoms with Crippen molar-refractivity contribution >= 4 is 10.9 Å². The molecule has 1 aliphatic carbocycles. The van der Waals surface area contributed by atoms with Gasteiger partial charge in [-0.15, -0.1) is 0 Å². The maximum atomic E-state index is 13.7. The average molecular weight is 410 g/mol. The van der Waals surface area contributed by atoms with Gasteiger partial charge in [-0.1, -0.05) is 19.9 Å². The molecule has 0 bridgehead atoms. The normalized spacial score (nSPS) is 28.0. The summed E-state index contributed by atoms with van der Waals surface area (Å²) in [5.74, 6) is -0.0527. The van der Waals surface area contributed by atoms with E-state index in [1.165, 1.54) is 12.1 Å². The van der Waals surface area contributed by atoms with Crippen molar-refractivity contribution in [3.63, 3.8) is 0 Å². The zero-order valence-corrected chi connectivity index (χ0v) is 17.7. The first-order valence-corrected chi connectivity index (χ1v) is 10.6. The number of phenols is 1. The number of halogens is 1. The maximum Gasteiger partial charge on any atom is 0.125 e. The van der Waals surface area contributed by atoms with Crippen LogP contribution in [-0.2, 0) is 15.8 Å². The molecule has 1 spiro atoms. The fraction of sp³-hybridized carbons (Fsp3) is 0.440. The van der Waals surface area contributed by atoms with Crippen molar-refractivity contribution in [1.29, 1.82) is 0 Å². The van der Waals surface area contributed by atoms with Gasteiger partial charge in [0.25, 0.3) is 0 Å². The molecular formula is C25H28FNO3. The lowest BCUT2D eigenvalue weighted by Crippen LogP contribution is -2.48. The van der Waals surface area contributed by atoms with Crippen molar-refractivity contribution in [2.45, 2.75) is 63.1 Å². The number of aromatic hydroxyl groups is 1. The Hall–Kier alpha value is -2.37. The number of phenolic OH excluding ortho intramolecular Hbond substituents is 1. The van der Waals surface area contributed by atoms with E-state index in [1.54, 1.807) is 18.2 Å². The van der Waals surface area contributed by atoms with Gasteiger partial charge in [-0.3, -0.25) is 0 Å². The van der Waals surface area contributed by atoms with Crippen molar-refractivity contribution in [3.8, 4) is 11.4 Å². The molecular weight excluding hydrogens is 381 g/mol. The topological polar surface area (TPSA) is 54.6 Å². The van der Waals surface area contributed by atoms with E-state index in [0.717, 1.165) is 27.8 Å². The fourth-order valence-corrected chi connectivity index (χ4v) is 5.31. The minimum atomic E-state index is -0.695. The van der Waals surface area contributed by atoms with Crippen LogP contribution < -0.4 is 0 Å². The summed E-state index contributed by atoms with van der Waals surface area (Å²) in [6, 6.07) is 12.1. The molecule has 158 valence electrons. The summed E-state index contributed by atoms with van der Waals surface area (Å²) in [5.41, 5.74) is 2.32. The molecule has 0 atom stereocenters. The molecule has 4 nitrogen and oxygen atoms in total. The van der Waals surface area contributed by atoms with E-state index in [0.29, 0.717) is 32.3 Å². The number of rotatable bonds is 1. The number of hydrogen-bond donors (Lipinski definition) is 2. The number of nitrogens with zero attached hydrogens (tertiary/aromatic N) is 1. The average Bonchev–Trinajstić information content (AvgIpc) is 3.06. The van der Waals surface area contributed by atoms with Crippen molar-refractivity contribution < 1.29 is 19.3 Å². The molecule has 2 aromatic carbocycles. The van der Waals surface area contributed by atoms with E-state index in [2.05, 4.69) is 18.4 Å². The first kappa shape index (κ1) is 19.6. The minimum absolute atomic E-state index is 0.225. The molecule has 1 saturated carbocycles. The predicted molar refractivity (Wildman–Crippen MR) is 115 cm³/mol. The van der Waals surface area contributed by atoms with Gasteiger partial charge in [0.1, 0.15) is 11.6 Å². The highest BCUT2D eigenvalue weighted by Crippen LogP contribution is 2.55. The standard InChI is InChI=1S/C25H28FNO3/c1-23(2)15-30-25(13-11-24(3,29)12-14-25)21-20-18(5-4-6-19(20)28)27(22(21)23)17-9-7-16(26)8-10-17/h4-10,28-29H,11-15H2,1-3H3. The molecule has 0 amide bonds. The van der Waals surface area contributed by atoms with E-state index in [4.69, 9.17) is 4.74 Å². The van der Waals surface area contributed by atoms with Crippen LogP contribution >= 0.6 is 0 Å². The van der Waals surface area contributed by atoms with Gasteiger partial charge in [-0.2, -0.15) is 0 Å². The molecule has 30 heavy (non-hydrogen) atoms. The summed E-state index contributed by atoms with van der Waals surface area (Å²) in [6.45, 7) is 6.72. The summed E-state index contributed by atoms with van der Waals surface area (Å²) in [5, 5.41) is 22.3. The van der Waals surface area contributed by atoms with Crippen molar-refractivity contribution in [2.24, 2.45) is 0 Å². The monoisotopic (exact) mass is 409 g/mol. The van der Waals surface area contributed by atoms with E-state index >= 15 is 0 Å². The molecule has 2 N–H and O–H groups in total. The molecule has 2 heterocycles. The van der Waals surface area contributed by atoms with Crippen LogP contribution in [0.1, 0.15) is 57.7 Å². The van der Waals surface area contributed by atoms with Gasteiger partial charge in [0.15, 0.2) is 0 Å². The summed E-state index contributed by atoms with van der Waals surface area (Å²) in [7, 11) is 0. The number of aromatic nitrogens is 1. The Bertz CT molecular complexity index is 1120. The quantitative estimate of drug-likeness (QED) is 0.573. The first-order chi connectivity index (χ1) is 14.1. The van der Waals surface area contributed by atoms with Gasteiger partial charge in [0.05, 0.1) is 23.3 Å². The van der Waals surface area contributed by atoms with Crippen LogP contribution in [0.3, 0.4) is 0 Å². The maximum absolute atomic E-state index is 13.7. The summed E-state index contributed by atoms with van der Waals surface area (Å²) >= 11 is 0. The molecule has 0 radical (unpaired) electrons. The molecule has 0 saturated heterocycles. The van der Waals surface area contributed by atoms with Crippen molar-refractivity contribution in [2.75, 3.05) is 6.61 Å². The Labute approximate surface area is 175 Å². The Morgan fingerprint density at radius 3 is 2.30 bits per heavy atom. The third-order valence-corrected chi connectivity index (χ3v) is 7.00. The van der Waals surface area contributed by atoms with Crippen LogP contribution in [-0.4, -0.2) is 27.0 Å². The second-order valence-electron chi connectivity index (χ2n) is 9.87. The van der Waals surface area contributed by atoms with Crippen molar-refractivity contribution in [1.82, 2.24) is 4.57 Å². The lowest BCUT2D eigenvalue weighted by molar-refractivity contribution is -0.137. The van der Waals surface area contributed by atoms with E-state index < -0.39 is 11.2 Å². The van der Waals surface area contributed by atoms with Gasteiger partial charge in [-0.25, -0.2) is 4.39 Å². The van der Waals surface area contributed by atoms with Crippen LogP contribution in [0.5, 0.6) is 5.75 Å². The first-order valence-electron chi connectivity index (χ1n) is 10.6. The smallest absolute Gasteiger partial charge is 0.125 e. The second-order valence-corrected chi connectivity index (χ2v) is 9.87. The fourth-order valence-electron chi connectivity index (χ4n) is 5.31. The predicted octanol–water partition coefficient (Wildman–Crippen LogP) is 5.30. The third kappa shape index (κ3) is 2.79. The van der Waals surface area contributed by atoms with Gasteiger partial charge < -0.3 is 19.5 Å². The van der Waals surface area contributed by atoms with Crippen LogP contribution in [0.2, 0.25) is 0 Å². The molecule has 1 aromatic heterocycles. The summed E-state index contributed by atoms with van der Waals surface area (Å²) in [4.78, 5) is 0. The Morgan fingerprint density at radius 2 is 1.63 bits per heavy atom. The van der Waals surface area contributed by atoms with E-state index in [-0.39, 0.29) is 17.0 Å². The largest absolute Gasteiger partial charge is 0.507 e. The Morgan fingerprint density at radius 1 is 0.967 bits per heavy atom. The third-order valence-electron chi connectivity index (χ3n) is 7.00. The zero-order chi connectivity index (χ0) is 21.3. The molecule has 2 aliphatic rings. The number of fused-ring (bicyclic) bond motifs is 4. The van der Waals surface area contributed by atoms with E-state index in [9.17, 15) is 14.6 Å². The molecule has 5 heteroatoms. The van der Waals surface area contributed by atoms with E-state index in [1.807, 2.05) is 19.1 Å². The van der Waals surface area contributed by atoms with Gasteiger partial charge >= 0.3 is 0 Å². The van der Waals surface area contributed by atoms with Crippen molar-refractivity contribution in [3.05, 3.63) is 59.5 Å². The molecule has 5 rings (SSSR count). The number of ether oxygens (including phenoxy) is 1. The van der Waals surface area contributed by atoms with Crippen LogP contribution in [0.4, 0.5) is 4.39 Å². The SMILES string of the molecule is CC1(O)CCC2(CC1)OCC(C)(C)c1c2c2c(O)cccc2n1-c1ccc(F)cc1. The highest BCUT2D eigenvalue weighted by atomic mass is 19.1. The summed E-state index contributed by atoms with van der Waals surface area (Å²) in [6.07, 6.45) is 2.67. The van der Waals surface area contributed by atoms with Gasteiger partial charge in [0, 0.05) is 27.7 Å². The highest BCUT2D eigenvalue weighted by Gasteiger charge is 2.51.